The highest BCUT2D eigenvalue weighted by molar-refractivity contribution is 5.99. The van der Waals surface area contributed by atoms with Crippen LogP contribution < -0.4 is 5.32 Å². The average Bonchev–Trinajstić information content (AvgIpc) is 2.29. The first-order chi connectivity index (χ1) is 8.85. The van der Waals surface area contributed by atoms with E-state index in [1.165, 1.54) is 6.42 Å². The second-order valence-corrected chi connectivity index (χ2v) is 7.29. The van der Waals surface area contributed by atoms with Gasteiger partial charge in [-0.1, -0.05) is 34.1 Å². The average molecular weight is 265 g/mol. The number of imide groups is 1. The zero-order valence-corrected chi connectivity index (χ0v) is 12.7. The second kappa shape index (κ2) is 5.26. The molecule has 1 saturated carbocycles. The molecular formula is C16H27NO2. The molecule has 0 aromatic rings. The Bertz CT molecular complexity index is 377. The molecular weight excluding hydrogens is 238 g/mol. The molecule has 1 heterocycles. The molecule has 4 atom stereocenters. The summed E-state index contributed by atoms with van der Waals surface area (Å²) >= 11 is 0. The van der Waals surface area contributed by atoms with Crippen molar-refractivity contribution in [2.75, 3.05) is 0 Å². The van der Waals surface area contributed by atoms with Gasteiger partial charge in [0.2, 0.25) is 11.8 Å². The number of hydrogen-bond donors (Lipinski definition) is 1. The minimum absolute atomic E-state index is 0.0166. The monoisotopic (exact) mass is 265 g/mol. The van der Waals surface area contributed by atoms with E-state index in [9.17, 15) is 9.59 Å². The van der Waals surface area contributed by atoms with Crippen molar-refractivity contribution < 1.29 is 9.59 Å². The van der Waals surface area contributed by atoms with Gasteiger partial charge in [0.1, 0.15) is 0 Å². The molecule has 4 unspecified atom stereocenters. The zero-order valence-electron chi connectivity index (χ0n) is 12.7. The van der Waals surface area contributed by atoms with E-state index in [4.69, 9.17) is 0 Å². The Balaban J connectivity index is 2.34. The number of rotatable bonds is 2. The summed E-state index contributed by atoms with van der Waals surface area (Å²) in [4.78, 5) is 24.2. The Morgan fingerprint density at radius 2 is 1.95 bits per heavy atom. The lowest BCUT2D eigenvalue weighted by Gasteiger charge is -2.51. The Labute approximate surface area is 116 Å². The summed E-state index contributed by atoms with van der Waals surface area (Å²) in [5.74, 6) is 1.53. The maximum Gasteiger partial charge on any atom is 0.230 e. The minimum atomic E-state index is -0.0820. The Hall–Kier alpha value is -0.860. The van der Waals surface area contributed by atoms with Crippen LogP contribution in [0.25, 0.3) is 0 Å². The van der Waals surface area contributed by atoms with Gasteiger partial charge in [-0.15, -0.1) is 0 Å². The van der Waals surface area contributed by atoms with Gasteiger partial charge in [-0.3, -0.25) is 14.9 Å². The summed E-state index contributed by atoms with van der Waals surface area (Å²) < 4.78 is 0. The van der Waals surface area contributed by atoms with E-state index in [2.05, 4.69) is 33.0 Å². The quantitative estimate of drug-likeness (QED) is 0.780. The fourth-order valence-electron chi connectivity index (χ4n) is 4.27. The van der Waals surface area contributed by atoms with Gasteiger partial charge >= 0.3 is 0 Å². The summed E-state index contributed by atoms with van der Waals surface area (Å²) in [6, 6.07) is 0. The molecule has 108 valence electrons. The third kappa shape index (κ3) is 2.70. The third-order valence-electron chi connectivity index (χ3n) is 5.27. The van der Waals surface area contributed by atoms with Crippen molar-refractivity contribution in [3.8, 4) is 0 Å². The van der Waals surface area contributed by atoms with Gasteiger partial charge in [0.05, 0.1) is 0 Å². The molecule has 1 saturated heterocycles. The molecule has 19 heavy (non-hydrogen) atoms. The predicted octanol–water partition coefficient (Wildman–Crippen LogP) is 3.14. The van der Waals surface area contributed by atoms with Crippen molar-refractivity contribution in [2.45, 2.75) is 59.8 Å². The van der Waals surface area contributed by atoms with E-state index in [-0.39, 0.29) is 23.1 Å². The number of piperidine rings is 1. The number of hydrogen-bond acceptors (Lipinski definition) is 2. The van der Waals surface area contributed by atoms with Crippen LogP contribution in [0.4, 0.5) is 0 Å². The molecule has 2 fully saturated rings. The normalized spacial score (nSPS) is 39.7. The number of carbonyl (C=O) groups excluding carboxylic acids is 2. The van der Waals surface area contributed by atoms with E-state index in [1.54, 1.807) is 0 Å². The van der Waals surface area contributed by atoms with E-state index in [0.29, 0.717) is 24.2 Å². The first-order valence-corrected chi connectivity index (χ1v) is 7.69. The van der Waals surface area contributed by atoms with Crippen molar-refractivity contribution in [1.29, 1.82) is 0 Å². The molecule has 1 aliphatic carbocycles. The molecule has 2 rings (SSSR count). The molecule has 1 spiro atoms. The predicted molar refractivity (Wildman–Crippen MR) is 75.3 cm³/mol. The molecule has 0 bridgehead atoms. The van der Waals surface area contributed by atoms with Crippen LogP contribution in [0.1, 0.15) is 59.8 Å². The fraction of sp³-hybridized carbons (Fsp3) is 0.875. The van der Waals surface area contributed by atoms with Crippen LogP contribution >= 0.6 is 0 Å². The fourth-order valence-corrected chi connectivity index (χ4v) is 4.27. The van der Waals surface area contributed by atoms with Crippen molar-refractivity contribution in [2.24, 2.45) is 29.1 Å². The molecule has 3 heteroatoms. The summed E-state index contributed by atoms with van der Waals surface area (Å²) in [6.45, 7) is 8.82. The smallest absolute Gasteiger partial charge is 0.230 e. The molecule has 2 amide bonds. The topological polar surface area (TPSA) is 46.2 Å². The van der Waals surface area contributed by atoms with Crippen LogP contribution in [0.2, 0.25) is 0 Å². The molecule has 0 radical (unpaired) electrons. The van der Waals surface area contributed by atoms with E-state index >= 15 is 0 Å². The third-order valence-corrected chi connectivity index (χ3v) is 5.27. The lowest BCUT2D eigenvalue weighted by Crippen LogP contribution is -2.56. The summed E-state index contributed by atoms with van der Waals surface area (Å²) in [6.07, 6.45) is 4.85. The lowest BCUT2D eigenvalue weighted by atomic mass is 9.54. The van der Waals surface area contributed by atoms with Crippen LogP contribution in [-0.2, 0) is 9.59 Å². The van der Waals surface area contributed by atoms with Gasteiger partial charge in [-0.2, -0.15) is 0 Å². The first kappa shape index (κ1) is 14.5. The molecule has 1 aliphatic heterocycles. The van der Waals surface area contributed by atoms with E-state index in [0.717, 1.165) is 19.3 Å². The highest BCUT2D eigenvalue weighted by atomic mass is 16.2. The molecule has 1 N–H and O–H groups in total. The van der Waals surface area contributed by atoms with Crippen molar-refractivity contribution in [1.82, 2.24) is 5.32 Å². The maximum absolute atomic E-state index is 12.3. The first-order valence-electron chi connectivity index (χ1n) is 7.69. The Kier molecular flexibility index (Phi) is 4.03. The maximum atomic E-state index is 12.3. The molecule has 3 nitrogen and oxygen atoms in total. The molecule has 0 aromatic heterocycles. The summed E-state index contributed by atoms with van der Waals surface area (Å²) in [7, 11) is 0. The van der Waals surface area contributed by atoms with E-state index < -0.39 is 0 Å². The minimum Gasteiger partial charge on any atom is -0.296 e. The standard InChI is InChI=1S/C16H27NO2/c1-10(2)7-13-15(19)17-14(18)9-16(13)8-11(3)5-6-12(16)4/h10-13H,5-9H2,1-4H3,(H,17,18,19). The number of carbonyl (C=O) groups is 2. The summed E-state index contributed by atoms with van der Waals surface area (Å²) in [5.41, 5.74) is -0.0820. The van der Waals surface area contributed by atoms with Gasteiger partial charge in [0, 0.05) is 12.3 Å². The zero-order chi connectivity index (χ0) is 14.2. The highest BCUT2D eigenvalue weighted by Crippen LogP contribution is 2.54. The van der Waals surface area contributed by atoms with Gasteiger partial charge in [0.15, 0.2) is 0 Å². The number of nitrogens with one attached hydrogen (secondary N) is 1. The van der Waals surface area contributed by atoms with Gasteiger partial charge < -0.3 is 0 Å². The van der Waals surface area contributed by atoms with Crippen molar-refractivity contribution in [3.05, 3.63) is 0 Å². The van der Waals surface area contributed by atoms with Crippen LogP contribution in [-0.4, -0.2) is 11.8 Å². The highest BCUT2D eigenvalue weighted by Gasteiger charge is 2.53. The van der Waals surface area contributed by atoms with Gasteiger partial charge in [0.25, 0.3) is 0 Å². The van der Waals surface area contributed by atoms with E-state index in [1.807, 2.05) is 0 Å². The Morgan fingerprint density at radius 3 is 2.58 bits per heavy atom. The molecule has 2 aliphatic rings. The Morgan fingerprint density at radius 1 is 1.26 bits per heavy atom. The van der Waals surface area contributed by atoms with Gasteiger partial charge in [-0.25, -0.2) is 0 Å². The van der Waals surface area contributed by atoms with Crippen LogP contribution in [0.5, 0.6) is 0 Å². The lowest BCUT2D eigenvalue weighted by molar-refractivity contribution is -0.151. The largest absolute Gasteiger partial charge is 0.296 e. The van der Waals surface area contributed by atoms with Crippen molar-refractivity contribution >= 4 is 11.8 Å². The van der Waals surface area contributed by atoms with Crippen LogP contribution in [0.3, 0.4) is 0 Å². The summed E-state index contributed by atoms with van der Waals surface area (Å²) in [5, 5.41) is 2.56. The number of amides is 2. The van der Waals surface area contributed by atoms with Crippen LogP contribution in [0, 0.1) is 29.1 Å². The van der Waals surface area contributed by atoms with Gasteiger partial charge in [-0.05, 0) is 42.4 Å². The van der Waals surface area contributed by atoms with Crippen molar-refractivity contribution in [3.63, 3.8) is 0 Å². The molecule has 0 aromatic carbocycles. The second-order valence-electron chi connectivity index (χ2n) is 7.29. The SMILES string of the molecule is CC(C)CC1C(=O)NC(=O)CC12CC(C)CCC2C. The van der Waals surface area contributed by atoms with Crippen LogP contribution in [0.15, 0.2) is 0 Å².